The second-order valence-electron chi connectivity index (χ2n) is 7.07. The van der Waals surface area contributed by atoms with Crippen LogP contribution in [-0.2, 0) is 16.9 Å². The Morgan fingerprint density at radius 2 is 1.83 bits per heavy atom. The van der Waals surface area contributed by atoms with Crippen molar-refractivity contribution in [2.24, 2.45) is 7.05 Å². The SMILES string of the molecule is Cn1ncc2ccc(Nc3ncc4ccc(-c5ccccc5S(C)(=O)=O)n4n3)cc21. The topological polar surface area (TPSA) is 94.2 Å². The van der Waals surface area contributed by atoms with E-state index in [1.54, 1.807) is 33.6 Å². The first-order chi connectivity index (χ1) is 14.4. The molecule has 150 valence electrons. The number of nitrogens with zero attached hydrogens (tertiary/aromatic N) is 5. The maximum atomic E-state index is 12.2. The third kappa shape index (κ3) is 3.09. The van der Waals surface area contributed by atoms with Gasteiger partial charge in [0, 0.05) is 29.9 Å². The Balaban J connectivity index is 1.59. The molecule has 5 aromatic rings. The van der Waals surface area contributed by atoms with E-state index in [2.05, 4.69) is 20.5 Å². The summed E-state index contributed by atoms with van der Waals surface area (Å²) >= 11 is 0. The zero-order valence-electron chi connectivity index (χ0n) is 16.3. The van der Waals surface area contributed by atoms with Crippen LogP contribution in [0.1, 0.15) is 0 Å². The third-order valence-corrected chi connectivity index (χ3v) is 6.12. The highest BCUT2D eigenvalue weighted by molar-refractivity contribution is 7.90. The lowest BCUT2D eigenvalue weighted by molar-refractivity contribution is 0.602. The number of fused-ring (bicyclic) bond motifs is 2. The van der Waals surface area contributed by atoms with Crippen LogP contribution >= 0.6 is 0 Å². The van der Waals surface area contributed by atoms with E-state index >= 15 is 0 Å². The van der Waals surface area contributed by atoms with Gasteiger partial charge in [0.05, 0.1) is 34.0 Å². The summed E-state index contributed by atoms with van der Waals surface area (Å²) in [5, 5.41) is 13.1. The molecule has 30 heavy (non-hydrogen) atoms. The van der Waals surface area contributed by atoms with Crippen LogP contribution < -0.4 is 5.32 Å². The molecule has 0 atom stereocenters. The van der Waals surface area contributed by atoms with Crippen molar-refractivity contribution >= 4 is 37.9 Å². The van der Waals surface area contributed by atoms with Crippen LogP contribution in [0.5, 0.6) is 0 Å². The molecule has 0 amide bonds. The van der Waals surface area contributed by atoms with Gasteiger partial charge >= 0.3 is 0 Å². The second kappa shape index (κ2) is 6.67. The molecule has 0 aliphatic heterocycles. The number of sulfone groups is 1. The van der Waals surface area contributed by atoms with Crippen LogP contribution in [0.4, 0.5) is 11.6 Å². The fourth-order valence-electron chi connectivity index (χ4n) is 3.52. The summed E-state index contributed by atoms with van der Waals surface area (Å²) in [5.41, 5.74) is 3.86. The predicted molar refractivity (Wildman–Crippen MR) is 116 cm³/mol. The van der Waals surface area contributed by atoms with E-state index in [1.165, 1.54) is 6.26 Å². The van der Waals surface area contributed by atoms with Gasteiger partial charge in [-0.2, -0.15) is 5.10 Å². The number of rotatable bonds is 4. The lowest BCUT2D eigenvalue weighted by Crippen LogP contribution is -2.05. The number of nitrogens with one attached hydrogen (secondary N) is 1. The Labute approximate surface area is 172 Å². The minimum atomic E-state index is -3.39. The van der Waals surface area contributed by atoms with Crippen molar-refractivity contribution in [2.45, 2.75) is 4.90 Å². The summed E-state index contributed by atoms with van der Waals surface area (Å²) in [7, 11) is -1.50. The molecule has 0 saturated heterocycles. The summed E-state index contributed by atoms with van der Waals surface area (Å²) in [4.78, 5) is 4.65. The van der Waals surface area contributed by atoms with Crippen molar-refractivity contribution in [3.8, 4) is 11.3 Å². The Morgan fingerprint density at radius 1 is 1.00 bits per heavy atom. The van der Waals surface area contributed by atoms with Crippen LogP contribution in [0.3, 0.4) is 0 Å². The monoisotopic (exact) mass is 418 g/mol. The molecule has 9 heteroatoms. The van der Waals surface area contributed by atoms with Gasteiger partial charge in [0.1, 0.15) is 0 Å². The van der Waals surface area contributed by atoms with Gasteiger partial charge in [-0.25, -0.2) is 17.9 Å². The second-order valence-corrected chi connectivity index (χ2v) is 9.06. The van der Waals surface area contributed by atoms with Gasteiger partial charge < -0.3 is 5.32 Å². The van der Waals surface area contributed by atoms with Gasteiger partial charge in [-0.3, -0.25) is 4.68 Å². The molecule has 0 saturated carbocycles. The third-order valence-electron chi connectivity index (χ3n) is 4.97. The van der Waals surface area contributed by atoms with Crippen molar-refractivity contribution in [3.05, 3.63) is 67.0 Å². The van der Waals surface area contributed by atoms with E-state index in [0.717, 1.165) is 22.1 Å². The fourth-order valence-corrected chi connectivity index (χ4v) is 4.41. The van der Waals surface area contributed by atoms with E-state index in [-0.39, 0.29) is 4.90 Å². The molecule has 3 aromatic heterocycles. The molecule has 8 nitrogen and oxygen atoms in total. The highest BCUT2D eigenvalue weighted by atomic mass is 32.2. The standard InChI is InChI=1S/C21H18N6O2S/c1-26-19-11-15(8-7-14(19)12-23-26)24-21-22-13-16-9-10-18(27(16)25-21)17-5-3-4-6-20(17)30(2,28)29/h3-13H,1-2H3,(H,24,25). The number of hydrogen-bond donors (Lipinski definition) is 1. The highest BCUT2D eigenvalue weighted by Crippen LogP contribution is 2.29. The van der Waals surface area contributed by atoms with Crippen LogP contribution in [-0.4, -0.2) is 39.1 Å². The normalized spacial score (nSPS) is 11.9. The van der Waals surface area contributed by atoms with Gasteiger partial charge in [-0.05, 0) is 36.4 Å². The number of aromatic nitrogens is 5. The van der Waals surface area contributed by atoms with Crippen LogP contribution in [0.25, 0.3) is 27.7 Å². The fraction of sp³-hybridized carbons (Fsp3) is 0.0952. The largest absolute Gasteiger partial charge is 0.323 e. The van der Waals surface area contributed by atoms with Crippen molar-refractivity contribution in [3.63, 3.8) is 0 Å². The van der Waals surface area contributed by atoms with Crippen molar-refractivity contribution in [1.82, 2.24) is 24.4 Å². The first kappa shape index (κ1) is 18.3. The lowest BCUT2D eigenvalue weighted by Gasteiger charge is -2.09. The maximum absolute atomic E-state index is 12.2. The Kier molecular flexibility index (Phi) is 4.07. The molecule has 0 aliphatic rings. The Morgan fingerprint density at radius 3 is 2.67 bits per heavy atom. The van der Waals surface area contributed by atoms with Crippen molar-refractivity contribution in [1.29, 1.82) is 0 Å². The van der Waals surface area contributed by atoms with Crippen LogP contribution in [0, 0.1) is 0 Å². The van der Waals surface area contributed by atoms with E-state index in [0.29, 0.717) is 17.2 Å². The van der Waals surface area contributed by atoms with Crippen LogP contribution in [0.15, 0.2) is 71.9 Å². The quantitative estimate of drug-likeness (QED) is 0.481. The molecular formula is C21H18N6O2S. The molecule has 3 heterocycles. The summed E-state index contributed by atoms with van der Waals surface area (Å²) in [6.07, 6.45) is 4.72. The summed E-state index contributed by atoms with van der Waals surface area (Å²) in [6.45, 7) is 0. The Bertz CT molecular complexity index is 1520. The molecule has 0 spiro atoms. The predicted octanol–water partition coefficient (Wildman–Crippen LogP) is 3.43. The first-order valence-corrected chi connectivity index (χ1v) is 11.1. The molecule has 0 unspecified atom stereocenters. The number of hydrogen-bond acceptors (Lipinski definition) is 6. The summed E-state index contributed by atoms with van der Waals surface area (Å²) in [5.74, 6) is 0.401. The van der Waals surface area contributed by atoms with E-state index in [9.17, 15) is 8.42 Å². The molecule has 0 bridgehead atoms. The van der Waals surface area contributed by atoms with Gasteiger partial charge in [0.2, 0.25) is 5.95 Å². The van der Waals surface area contributed by atoms with Crippen molar-refractivity contribution in [2.75, 3.05) is 11.6 Å². The Hall–Kier alpha value is -3.72. The molecule has 2 aromatic carbocycles. The molecule has 0 aliphatic carbocycles. The van der Waals surface area contributed by atoms with Gasteiger partial charge in [-0.1, -0.05) is 18.2 Å². The van der Waals surface area contributed by atoms with E-state index in [4.69, 9.17) is 0 Å². The van der Waals surface area contributed by atoms with E-state index in [1.807, 2.05) is 49.6 Å². The van der Waals surface area contributed by atoms with Gasteiger partial charge in [0.25, 0.3) is 0 Å². The number of benzene rings is 2. The smallest absolute Gasteiger partial charge is 0.245 e. The molecular weight excluding hydrogens is 400 g/mol. The van der Waals surface area contributed by atoms with E-state index < -0.39 is 9.84 Å². The number of aryl methyl sites for hydroxylation is 1. The average Bonchev–Trinajstić information content (AvgIpc) is 3.31. The molecule has 5 rings (SSSR count). The molecule has 0 radical (unpaired) electrons. The molecule has 0 fully saturated rings. The summed E-state index contributed by atoms with van der Waals surface area (Å²) < 4.78 is 28.0. The van der Waals surface area contributed by atoms with Gasteiger partial charge in [0.15, 0.2) is 9.84 Å². The summed E-state index contributed by atoms with van der Waals surface area (Å²) in [6, 6.07) is 16.5. The first-order valence-electron chi connectivity index (χ1n) is 9.23. The van der Waals surface area contributed by atoms with Crippen molar-refractivity contribution < 1.29 is 8.42 Å². The van der Waals surface area contributed by atoms with Gasteiger partial charge in [-0.15, -0.1) is 5.10 Å². The zero-order valence-corrected chi connectivity index (χ0v) is 17.1. The number of anilines is 2. The molecule has 1 N–H and O–H groups in total. The minimum Gasteiger partial charge on any atom is -0.323 e. The zero-order chi connectivity index (χ0) is 20.9. The minimum absolute atomic E-state index is 0.264. The highest BCUT2D eigenvalue weighted by Gasteiger charge is 2.17. The van der Waals surface area contributed by atoms with Crippen LogP contribution in [0.2, 0.25) is 0 Å². The average molecular weight is 418 g/mol. The maximum Gasteiger partial charge on any atom is 0.245 e. The lowest BCUT2D eigenvalue weighted by atomic mass is 10.1.